The molecule has 0 radical (unpaired) electrons. The van der Waals surface area contributed by atoms with Crippen LogP contribution in [0.5, 0.6) is 17.2 Å². The highest BCUT2D eigenvalue weighted by Gasteiger charge is 2.36. The molecule has 5 rings (SSSR count). The van der Waals surface area contributed by atoms with Crippen LogP contribution in [0.3, 0.4) is 0 Å². The molecule has 0 saturated heterocycles. The Morgan fingerprint density at radius 2 is 1.74 bits per heavy atom. The van der Waals surface area contributed by atoms with Crippen LogP contribution in [0.4, 0.5) is 0 Å². The maximum Gasteiger partial charge on any atom is 0.338 e. The molecule has 0 bridgehead atoms. The number of carbonyl (C=O) groups excluding carboxylic acids is 1. The average molecular weight is 781 g/mol. The lowest BCUT2D eigenvalue weighted by atomic mass is 9.93. The van der Waals surface area contributed by atoms with Crippen molar-refractivity contribution < 1.29 is 23.7 Å². The van der Waals surface area contributed by atoms with Crippen molar-refractivity contribution in [2.45, 2.75) is 39.3 Å². The van der Waals surface area contributed by atoms with Crippen LogP contribution in [0.2, 0.25) is 15.1 Å². The zero-order chi connectivity index (χ0) is 33.8. The monoisotopic (exact) mass is 778 g/mol. The zero-order valence-electron chi connectivity index (χ0n) is 25.9. The van der Waals surface area contributed by atoms with Gasteiger partial charge in [0.15, 0.2) is 16.3 Å². The van der Waals surface area contributed by atoms with Crippen molar-refractivity contribution in [1.29, 1.82) is 0 Å². The number of thiazole rings is 1. The summed E-state index contributed by atoms with van der Waals surface area (Å²) in [6, 6.07) is 13.0. The third-order valence-electron chi connectivity index (χ3n) is 7.32. The van der Waals surface area contributed by atoms with Crippen molar-refractivity contribution in [3.63, 3.8) is 0 Å². The Balaban J connectivity index is 1.64. The van der Waals surface area contributed by atoms with Gasteiger partial charge in [-0.25, -0.2) is 9.79 Å². The molecule has 0 fully saturated rings. The van der Waals surface area contributed by atoms with Crippen molar-refractivity contribution >= 4 is 74.1 Å². The molecule has 0 aliphatic carbocycles. The topological polar surface area (TPSA) is 88.4 Å². The van der Waals surface area contributed by atoms with Gasteiger partial charge in [-0.05, 0) is 83.4 Å². The molecule has 0 amide bonds. The van der Waals surface area contributed by atoms with E-state index in [0.717, 1.165) is 12.0 Å². The van der Waals surface area contributed by atoms with Crippen molar-refractivity contribution in [1.82, 2.24) is 4.57 Å². The summed E-state index contributed by atoms with van der Waals surface area (Å²) >= 11 is 23.6. The molecule has 13 heteroatoms. The van der Waals surface area contributed by atoms with Gasteiger partial charge < -0.3 is 18.9 Å². The van der Waals surface area contributed by atoms with Crippen LogP contribution >= 0.6 is 62.1 Å². The van der Waals surface area contributed by atoms with Crippen LogP contribution in [0.1, 0.15) is 49.4 Å². The summed E-state index contributed by atoms with van der Waals surface area (Å²) in [4.78, 5) is 33.0. The number of carbonyl (C=O) groups is 1. The highest BCUT2D eigenvalue weighted by Crippen LogP contribution is 2.39. The average Bonchev–Trinajstić information content (AvgIpc) is 3.34. The summed E-state index contributed by atoms with van der Waals surface area (Å²) in [6.45, 7) is 4.07. The molecule has 1 aliphatic rings. The van der Waals surface area contributed by atoms with Crippen LogP contribution in [-0.4, -0.2) is 31.4 Å². The summed E-state index contributed by atoms with van der Waals surface area (Å²) in [7, 11) is 3.06. The Morgan fingerprint density at radius 3 is 2.43 bits per heavy atom. The third kappa shape index (κ3) is 7.42. The summed E-state index contributed by atoms with van der Waals surface area (Å²) < 4.78 is 25.4. The lowest BCUT2D eigenvalue weighted by molar-refractivity contribution is -0.139. The van der Waals surface area contributed by atoms with Gasteiger partial charge in [-0.2, -0.15) is 0 Å². The van der Waals surface area contributed by atoms with Gasteiger partial charge in [-0.3, -0.25) is 9.36 Å². The number of halogens is 4. The van der Waals surface area contributed by atoms with Gasteiger partial charge in [0.05, 0.1) is 41.1 Å². The maximum absolute atomic E-state index is 14.2. The number of fused-ring (bicyclic) bond motifs is 1. The lowest BCUT2D eigenvalue weighted by Crippen LogP contribution is -2.40. The highest BCUT2D eigenvalue weighted by molar-refractivity contribution is 9.10. The van der Waals surface area contributed by atoms with E-state index >= 15 is 0 Å². The minimum absolute atomic E-state index is 0.161. The van der Waals surface area contributed by atoms with Crippen molar-refractivity contribution in [2.75, 3.05) is 20.8 Å². The Kier molecular flexibility index (Phi) is 11.4. The van der Waals surface area contributed by atoms with Crippen molar-refractivity contribution in [3.05, 3.63) is 116 Å². The SMILES string of the molecule is CCCC1=C(C(=O)OCC)[C@H](c2cc(Cl)ccc2OC)n2c(s/c(=C/c3cc(Br)c(OCc4ccc(Cl)cc4Cl)c(OC)c3)c2=O)=N1. The molecule has 3 aromatic carbocycles. The molecule has 0 N–H and O–H groups in total. The molecule has 246 valence electrons. The van der Waals surface area contributed by atoms with Crippen LogP contribution in [0.25, 0.3) is 6.08 Å². The summed E-state index contributed by atoms with van der Waals surface area (Å²) in [5, 5.41) is 1.45. The largest absolute Gasteiger partial charge is 0.496 e. The molecule has 8 nitrogen and oxygen atoms in total. The van der Waals surface area contributed by atoms with Gasteiger partial charge >= 0.3 is 5.97 Å². The van der Waals surface area contributed by atoms with E-state index in [2.05, 4.69) is 15.9 Å². The minimum atomic E-state index is -0.876. The number of rotatable bonds is 11. The van der Waals surface area contributed by atoms with Gasteiger partial charge in [-0.15, -0.1) is 0 Å². The third-order valence-corrected chi connectivity index (χ3v) is 9.71. The smallest absolute Gasteiger partial charge is 0.338 e. The van der Waals surface area contributed by atoms with E-state index in [-0.39, 0.29) is 24.3 Å². The second kappa shape index (κ2) is 15.3. The summed E-state index contributed by atoms with van der Waals surface area (Å²) in [5.41, 5.74) is 2.46. The number of benzene rings is 3. The van der Waals surface area contributed by atoms with E-state index in [1.807, 2.05) is 13.0 Å². The standard InChI is InChI=1S/C34H30BrCl3N2O6S/c1-5-7-25-29(33(42)45-6-2)30(22-15-20(36)10-11-26(22)43-3)40-32(41)28(47-34(40)39-25)14-18-12-23(35)31(27(13-18)44-4)46-17-19-8-9-21(37)16-24(19)38/h8-16,30H,5-7,17H2,1-4H3/b28-14+/t30-/m0/s1. The number of hydrogen-bond donors (Lipinski definition) is 0. The molecule has 4 aromatic rings. The van der Waals surface area contributed by atoms with Crippen LogP contribution in [0.15, 0.2) is 74.1 Å². The second-order valence-corrected chi connectivity index (χ2v) is 13.5. The first-order chi connectivity index (χ1) is 22.6. The normalized spacial score (nSPS) is 14.5. The first-order valence-electron chi connectivity index (χ1n) is 14.6. The number of hydrogen-bond acceptors (Lipinski definition) is 8. The second-order valence-electron chi connectivity index (χ2n) is 10.4. The van der Waals surface area contributed by atoms with E-state index in [4.69, 9.17) is 58.7 Å². The van der Waals surface area contributed by atoms with E-state index in [1.54, 1.807) is 55.5 Å². The highest BCUT2D eigenvalue weighted by atomic mass is 79.9. The van der Waals surface area contributed by atoms with Gasteiger partial charge in [0.25, 0.3) is 5.56 Å². The van der Waals surface area contributed by atoms with Crippen molar-refractivity contribution in [3.8, 4) is 17.2 Å². The predicted molar refractivity (Wildman–Crippen MR) is 189 cm³/mol. The van der Waals surface area contributed by atoms with Gasteiger partial charge in [0.2, 0.25) is 0 Å². The molecule has 0 spiro atoms. The number of nitrogens with zero attached hydrogens (tertiary/aromatic N) is 2. The molecule has 2 heterocycles. The first-order valence-corrected chi connectivity index (χ1v) is 17.3. The van der Waals surface area contributed by atoms with Crippen molar-refractivity contribution in [2.24, 2.45) is 4.99 Å². The number of ether oxygens (including phenoxy) is 4. The summed E-state index contributed by atoms with van der Waals surface area (Å²) in [5.74, 6) is 0.830. The van der Waals surface area contributed by atoms with Gasteiger partial charge in [0.1, 0.15) is 18.4 Å². The van der Waals surface area contributed by atoms with Crippen LogP contribution < -0.4 is 29.1 Å². The molecule has 1 aromatic heterocycles. The molecular formula is C34H30BrCl3N2O6S. The minimum Gasteiger partial charge on any atom is -0.496 e. The van der Waals surface area contributed by atoms with Crippen LogP contribution in [0, 0.1) is 0 Å². The number of allylic oxidation sites excluding steroid dienone is 1. The fraction of sp³-hybridized carbons (Fsp3) is 0.265. The molecule has 1 atom stereocenters. The Labute approximate surface area is 298 Å². The van der Waals surface area contributed by atoms with E-state index in [9.17, 15) is 9.59 Å². The Morgan fingerprint density at radius 1 is 1.02 bits per heavy atom. The first kappa shape index (κ1) is 35.0. The Bertz CT molecular complexity index is 2060. The number of aromatic nitrogens is 1. The predicted octanol–water partition coefficient (Wildman–Crippen LogP) is 7.90. The lowest BCUT2D eigenvalue weighted by Gasteiger charge is -2.27. The summed E-state index contributed by atoms with van der Waals surface area (Å²) in [6.07, 6.45) is 2.98. The van der Waals surface area contributed by atoms with Gasteiger partial charge in [-0.1, -0.05) is 65.6 Å². The van der Waals surface area contributed by atoms with E-state index in [0.29, 0.717) is 69.4 Å². The molecular weight excluding hydrogens is 751 g/mol. The molecule has 47 heavy (non-hydrogen) atoms. The fourth-order valence-corrected chi connectivity index (χ4v) is 7.47. The number of esters is 1. The molecule has 0 saturated carbocycles. The fourth-order valence-electron chi connectivity index (χ4n) is 5.24. The number of methoxy groups -OCH3 is 2. The molecule has 0 unspecified atom stereocenters. The maximum atomic E-state index is 14.2. The zero-order valence-corrected chi connectivity index (χ0v) is 30.5. The Hall–Kier alpha value is -3.28. The molecule has 1 aliphatic heterocycles. The van der Waals surface area contributed by atoms with E-state index < -0.39 is 12.0 Å². The van der Waals surface area contributed by atoms with E-state index in [1.165, 1.54) is 30.1 Å². The van der Waals surface area contributed by atoms with Gasteiger partial charge in [0, 0.05) is 26.2 Å². The quantitative estimate of drug-likeness (QED) is 0.144. The van der Waals surface area contributed by atoms with Crippen LogP contribution in [-0.2, 0) is 16.1 Å².